The maximum atomic E-state index is 10.6. The molecule has 1 rings (SSSR count). The van der Waals surface area contributed by atoms with E-state index in [4.69, 9.17) is 10.8 Å². The summed E-state index contributed by atoms with van der Waals surface area (Å²) in [6, 6.07) is 1.56. The lowest BCUT2D eigenvalue weighted by Crippen LogP contribution is -1.97. The second kappa shape index (κ2) is 4.65. The van der Waals surface area contributed by atoms with E-state index in [1.165, 1.54) is 11.3 Å². The molecular weight excluding hydrogens is 186 g/mol. The molecule has 0 fully saturated rings. The normalized spacial score (nSPS) is 9.00. The third-order valence-corrected chi connectivity index (χ3v) is 2.20. The summed E-state index contributed by atoms with van der Waals surface area (Å²) in [5.74, 6) is 4.66. The summed E-state index contributed by atoms with van der Waals surface area (Å²) in [6.45, 7) is 0.501. The smallest absolute Gasteiger partial charge is 0.337 e. The molecule has 0 aliphatic carbocycles. The highest BCUT2D eigenvalue weighted by Gasteiger charge is 2.08. The number of hydrogen-bond acceptors (Lipinski definition) is 3. The van der Waals surface area contributed by atoms with E-state index < -0.39 is 5.97 Å². The molecule has 0 amide bonds. The molecule has 1 aromatic rings. The maximum absolute atomic E-state index is 10.6. The molecule has 1 heterocycles. The van der Waals surface area contributed by atoms with Gasteiger partial charge in [-0.1, -0.05) is 11.8 Å². The van der Waals surface area contributed by atoms with Gasteiger partial charge >= 0.3 is 5.97 Å². The van der Waals surface area contributed by atoms with E-state index in [2.05, 4.69) is 11.8 Å². The Morgan fingerprint density at radius 2 is 2.46 bits per heavy atom. The van der Waals surface area contributed by atoms with Gasteiger partial charge in [-0.15, -0.1) is 11.3 Å². The molecule has 0 saturated carbocycles. The first-order valence-electron chi connectivity index (χ1n) is 3.75. The molecule has 0 spiro atoms. The molecule has 0 atom stereocenters. The molecule has 13 heavy (non-hydrogen) atoms. The van der Waals surface area contributed by atoms with Gasteiger partial charge in [-0.2, -0.15) is 0 Å². The van der Waals surface area contributed by atoms with Gasteiger partial charge in [0, 0.05) is 13.0 Å². The van der Waals surface area contributed by atoms with Crippen molar-refractivity contribution in [1.82, 2.24) is 0 Å². The van der Waals surface area contributed by atoms with Crippen LogP contribution in [0.2, 0.25) is 0 Å². The summed E-state index contributed by atoms with van der Waals surface area (Å²) in [5.41, 5.74) is 5.52. The monoisotopic (exact) mass is 195 g/mol. The highest BCUT2D eigenvalue weighted by molar-refractivity contribution is 7.10. The van der Waals surface area contributed by atoms with Crippen LogP contribution in [0.4, 0.5) is 0 Å². The third-order valence-electron chi connectivity index (χ3n) is 1.37. The van der Waals surface area contributed by atoms with Crippen molar-refractivity contribution < 1.29 is 9.90 Å². The first kappa shape index (κ1) is 9.78. The topological polar surface area (TPSA) is 63.3 Å². The summed E-state index contributed by atoms with van der Waals surface area (Å²) in [5, 5.41) is 10.4. The summed E-state index contributed by atoms with van der Waals surface area (Å²) in [7, 11) is 0. The van der Waals surface area contributed by atoms with Crippen molar-refractivity contribution in [2.24, 2.45) is 5.73 Å². The lowest BCUT2D eigenvalue weighted by atomic mass is 10.2. The van der Waals surface area contributed by atoms with Crippen LogP contribution in [0.25, 0.3) is 0 Å². The predicted octanol–water partition coefficient (Wildman–Crippen LogP) is 1.15. The minimum atomic E-state index is -0.932. The van der Waals surface area contributed by atoms with Crippen LogP contribution in [0, 0.1) is 11.8 Å². The molecule has 0 aliphatic rings. The number of carbonyl (C=O) groups is 1. The van der Waals surface area contributed by atoms with Crippen molar-refractivity contribution in [3.63, 3.8) is 0 Å². The fraction of sp³-hybridized carbons (Fsp3) is 0.222. The number of thiophene rings is 1. The summed E-state index contributed by atoms with van der Waals surface area (Å²) >= 11 is 1.33. The number of aromatic carboxylic acids is 1. The summed E-state index contributed by atoms with van der Waals surface area (Å²) in [4.78, 5) is 11.2. The van der Waals surface area contributed by atoms with Crippen molar-refractivity contribution in [2.75, 3.05) is 6.54 Å². The van der Waals surface area contributed by atoms with Crippen LogP contribution in [-0.2, 0) is 0 Å². The zero-order valence-electron chi connectivity index (χ0n) is 6.91. The Morgan fingerprint density at radius 1 is 1.69 bits per heavy atom. The van der Waals surface area contributed by atoms with E-state index in [-0.39, 0.29) is 5.56 Å². The SMILES string of the molecule is NCCC#Cc1sccc1C(=O)O. The molecule has 4 heteroatoms. The average Bonchev–Trinajstić information content (AvgIpc) is 2.53. The maximum Gasteiger partial charge on any atom is 0.337 e. The van der Waals surface area contributed by atoms with Crippen molar-refractivity contribution in [3.05, 3.63) is 21.9 Å². The number of nitrogens with two attached hydrogens (primary N) is 1. The number of rotatable bonds is 2. The Balaban J connectivity index is 2.84. The van der Waals surface area contributed by atoms with Crippen LogP contribution in [-0.4, -0.2) is 17.6 Å². The molecule has 3 nitrogen and oxygen atoms in total. The van der Waals surface area contributed by atoms with Crippen molar-refractivity contribution in [3.8, 4) is 11.8 Å². The first-order valence-corrected chi connectivity index (χ1v) is 4.63. The zero-order valence-corrected chi connectivity index (χ0v) is 7.73. The molecule has 3 N–H and O–H groups in total. The minimum Gasteiger partial charge on any atom is -0.478 e. The Kier molecular flexibility index (Phi) is 3.50. The lowest BCUT2D eigenvalue weighted by Gasteiger charge is -1.87. The second-order valence-corrected chi connectivity index (χ2v) is 3.23. The fourth-order valence-corrected chi connectivity index (χ4v) is 1.54. The van der Waals surface area contributed by atoms with Gasteiger partial charge in [-0.3, -0.25) is 0 Å². The van der Waals surface area contributed by atoms with Crippen LogP contribution in [0.5, 0.6) is 0 Å². The van der Waals surface area contributed by atoms with Gasteiger partial charge in [-0.05, 0) is 11.4 Å². The first-order chi connectivity index (χ1) is 6.25. The van der Waals surface area contributed by atoms with E-state index in [1.807, 2.05) is 0 Å². The predicted molar refractivity (Wildman–Crippen MR) is 51.8 cm³/mol. The molecule has 1 aromatic heterocycles. The largest absolute Gasteiger partial charge is 0.478 e. The molecule has 0 bridgehead atoms. The van der Waals surface area contributed by atoms with Gasteiger partial charge < -0.3 is 10.8 Å². The van der Waals surface area contributed by atoms with Crippen LogP contribution < -0.4 is 5.73 Å². The van der Waals surface area contributed by atoms with Gasteiger partial charge in [0.1, 0.15) is 0 Å². The Bertz CT molecular complexity index is 359. The highest BCUT2D eigenvalue weighted by Crippen LogP contribution is 2.14. The van der Waals surface area contributed by atoms with Crippen LogP contribution in [0.3, 0.4) is 0 Å². The lowest BCUT2D eigenvalue weighted by molar-refractivity contribution is 0.0697. The Hall–Kier alpha value is -1.31. The quantitative estimate of drug-likeness (QED) is 0.696. The Morgan fingerprint density at radius 3 is 3.08 bits per heavy atom. The highest BCUT2D eigenvalue weighted by atomic mass is 32.1. The molecule has 0 aliphatic heterocycles. The van der Waals surface area contributed by atoms with Crippen LogP contribution >= 0.6 is 11.3 Å². The standard InChI is InChI=1S/C9H9NO2S/c10-5-2-1-3-8-7(9(11)12)4-6-13-8/h4,6H,2,5,10H2,(H,11,12). The second-order valence-electron chi connectivity index (χ2n) is 2.31. The molecule has 0 unspecified atom stereocenters. The Labute approximate surface area is 80.2 Å². The van der Waals surface area contributed by atoms with Gasteiger partial charge in [0.05, 0.1) is 10.4 Å². The molecule has 0 saturated heterocycles. The zero-order chi connectivity index (χ0) is 9.68. The summed E-state index contributed by atoms with van der Waals surface area (Å²) in [6.07, 6.45) is 0.594. The number of carboxylic acids is 1. The van der Waals surface area contributed by atoms with E-state index >= 15 is 0 Å². The van der Waals surface area contributed by atoms with Gasteiger partial charge in [0.25, 0.3) is 0 Å². The average molecular weight is 195 g/mol. The van der Waals surface area contributed by atoms with Gasteiger partial charge in [-0.25, -0.2) is 4.79 Å². The van der Waals surface area contributed by atoms with E-state index in [0.717, 1.165) is 0 Å². The fourth-order valence-electron chi connectivity index (χ4n) is 0.789. The molecule has 0 radical (unpaired) electrons. The van der Waals surface area contributed by atoms with E-state index in [9.17, 15) is 4.79 Å². The summed E-state index contributed by atoms with van der Waals surface area (Å²) < 4.78 is 0. The van der Waals surface area contributed by atoms with Crippen molar-refractivity contribution >= 4 is 17.3 Å². The number of hydrogen-bond donors (Lipinski definition) is 2. The van der Waals surface area contributed by atoms with Crippen LogP contribution in [0.1, 0.15) is 21.7 Å². The van der Waals surface area contributed by atoms with Crippen molar-refractivity contribution in [2.45, 2.75) is 6.42 Å². The van der Waals surface area contributed by atoms with Gasteiger partial charge in [0.15, 0.2) is 0 Å². The third kappa shape index (κ3) is 2.58. The molecular formula is C9H9NO2S. The van der Waals surface area contributed by atoms with E-state index in [1.54, 1.807) is 11.4 Å². The van der Waals surface area contributed by atoms with E-state index in [0.29, 0.717) is 17.8 Å². The molecule has 68 valence electrons. The number of carboxylic acid groups (broad SMARTS) is 1. The van der Waals surface area contributed by atoms with Crippen LogP contribution in [0.15, 0.2) is 11.4 Å². The van der Waals surface area contributed by atoms with Gasteiger partial charge in [0.2, 0.25) is 0 Å². The molecule has 0 aromatic carbocycles. The minimum absolute atomic E-state index is 0.273. The van der Waals surface area contributed by atoms with Crippen molar-refractivity contribution in [1.29, 1.82) is 0 Å².